The Morgan fingerprint density at radius 2 is 1.65 bits per heavy atom. The van der Waals surface area contributed by atoms with Crippen LogP contribution in [0, 0.1) is 17.8 Å². The monoisotopic (exact) mass is 934 g/mol. The van der Waals surface area contributed by atoms with Gasteiger partial charge in [0.15, 0.2) is 0 Å². The molecule has 17 heteroatoms. The molecule has 0 spiro atoms. The number of benzene rings is 1. The average molecular weight is 934 g/mol. The van der Waals surface area contributed by atoms with Crippen molar-refractivity contribution in [3.8, 4) is 0 Å². The summed E-state index contributed by atoms with van der Waals surface area (Å²) in [4.78, 5) is 102. The summed E-state index contributed by atoms with van der Waals surface area (Å²) in [5.74, 6) is -3.02. The Bertz CT molecular complexity index is 1990. The van der Waals surface area contributed by atoms with Crippen molar-refractivity contribution in [2.75, 3.05) is 34.4 Å². The van der Waals surface area contributed by atoms with Crippen LogP contribution < -0.4 is 16.0 Å². The highest BCUT2D eigenvalue weighted by Gasteiger charge is 2.52. The van der Waals surface area contributed by atoms with Gasteiger partial charge in [-0.05, 0) is 62.3 Å². The number of ether oxygens (including phenoxy) is 2. The van der Waals surface area contributed by atoms with Crippen LogP contribution in [0.2, 0.25) is 0 Å². The number of carbonyl (C=O) groups is 7. The van der Waals surface area contributed by atoms with Crippen molar-refractivity contribution in [2.24, 2.45) is 17.8 Å². The molecule has 8 unspecified atom stereocenters. The second kappa shape index (κ2) is 24.1. The highest BCUT2D eigenvalue weighted by molar-refractivity contribution is 7.09. The fourth-order valence-corrected chi connectivity index (χ4v) is 10.0. The third kappa shape index (κ3) is 13.1. The van der Waals surface area contributed by atoms with E-state index in [1.165, 1.54) is 28.4 Å². The molecule has 2 aliphatic heterocycles. The first-order chi connectivity index (χ1) is 31.5. The number of hydrogen-bond donors (Lipinski definition) is 3. The third-order valence-electron chi connectivity index (χ3n) is 13.6. The maximum atomic E-state index is 14.5. The highest BCUT2D eigenvalue weighted by atomic mass is 32.1. The molecular formula is C49H71N7O9S. The van der Waals surface area contributed by atoms with Crippen LogP contribution in [0.4, 0.5) is 0 Å². The molecular weight excluding hydrogens is 863 g/mol. The third-order valence-corrected chi connectivity index (χ3v) is 14.5. The standard InChI is InChI=1S/C49H71N7O9S/c1-9-32(4)43(54(6)47(62)42(31(2)3)52-48(63)49(23-24-49)53-38(57)20-14-11-15-26-56-39(58)21-22-40(56)59)37(64-7)30-41(60)55-27-16-19-36(55)44(65-8)33(5)45(61)51-35(46-50-25-28-66-46)29-34-17-12-10-13-18-34/h10,12-13,17-18,21-22,25,28,31-33,35-37,42-44H,9,11,14-16,19-20,23-24,26-27,29-30H2,1-8H3,(H,51,61)(H,52,63)(H,53,57). The number of rotatable bonds is 26. The number of likely N-dealkylation sites (N-methyl/N-ethyl adjacent to an activating group) is 1. The number of nitrogens with zero attached hydrogens (tertiary/aromatic N) is 4. The van der Waals surface area contributed by atoms with E-state index in [0.717, 1.165) is 17.0 Å². The minimum atomic E-state index is -1.10. The molecule has 1 saturated heterocycles. The van der Waals surface area contributed by atoms with Crippen molar-refractivity contribution in [1.29, 1.82) is 0 Å². The maximum Gasteiger partial charge on any atom is 0.253 e. The number of carbonyl (C=O) groups excluding carboxylic acids is 7. The summed E-state index contributed by atoms with van der Waals surface area (Å²) in [7, 11) is 4.81. The molecule has 66 heavy (non-hydrogen) atoms. The molecule has 16 nitrogen and oxygen atoms in total. The molecule has 2 aromatic rings. The van der Waals surface area contributed by atoms with Crippen molar-refractivity contribution in [1.82, 2.24) is 35.6 Å². The van der Waals surface area contributed by atoms with E-state index in [1.807, 2.05) is 70.3 Å². The number of hydrogen-bond acceptors (Lipinski definition) is 11. The van der Waals surface area contributed by atoms with E-state index >= 15 is 0 Å². The zero-order valence-corrected chi connectivity index (χ0v) is 40.8. The van der Waals surface area contributed by atoms with Gasteiger partial charge in [0.1, 0.15) is 16.6 Å². The largest absolute Gasteiger partial charge is 0.379 e. The number of methoxy groups -OCH3 is 2. The Hall–Kier alpha value is -5.00. The van der Waals surface area contributed by atoms with Crippen molar-refractivity contribution >= 4 is 52.7 Å². The Morgan fingerprint density at radius 1 is 0.955 bits per heavy atom. The lowest BCUT2D eigenvalue weighted by molar-refractivity contribution is -0.148. The number of nitrogens with one attached hydrogen (secondary N) is 3. The predicted octanol–water partition coefficient (Wildman–Crippen LogP) is 4.74. The van der Waals surface area contributed by atoms with Gasteiger partial charge < -0.3 is 35.2 Å². The first-order valence-corrected chi connectivity index (χ1v) is 24.4. The molecule has 7 amide bonds. The molecule has 3 aliphatic rings. The molecule has 1 aromatic heterocycles. The zero-order valence-electron chi connectivity index (χ0n) is 40.0. The van der Waals surface area contributed by atoms with Gasteiger partial charge in [-0.2, -0.15) is 0 Å². The number of likely N-dealkylation sites (tertiary alicyclic amines) is 1. The SMILES string of the molecule is CCC(C)C(C(CC(=O)N1CCCC1C(OC)C(C)C(=O)NC(Cc1ccccc1)c1nccs1)OC)N(C)C(=O)C(NC(=O)C1(NC(=O)CCCCCN2C(=O)C=CC2=O)CC1)C(C)C. The summed E-state index contributed by atoms with van der Waals surface area (Å²) in [5.41, 5.74) is -0.0289. The normalized spacial score (nSPS) is 19.7. The van der Waals surface area contributed by atoms with Gasteiger partial charge in [-0.25, -0.2) is 4.98 Å². The van der Waals surface area contributed by atoms with Crippen molar-refractivity contribution in [3.63, 3.8) is 0 Å². The molecule has 1 aromatic carbocycles. The molecule has 362 valence electrons. The number of unbranched alkanes of at least 4 members (excludes halogenated alkanes) is 2. The first-order valence-electron chi connectivity index (χ1n) is 23.6. The summed E-state index contributed by atoms with van der Waals surface area (Å²) in [6, 6.07) is 7.81. The van der Waals surface area contributed by atoms with Gasteiger partial charge in [0.05, 0.1) is 42.7 Å². The molecule has 8 atom stereocenters. The second-order valence-corrected chi connectivity index (χ2v) is 19.4. The summed E-state index contributed by atoms with van der Waals surface area (Å²) in [5, 5.41) is 11.8. The van der Waals surface area contributed by atoms with Crippen LogP contribution in [0.3, 0.4) is 0 Å². The Kier molecular flexibility index (Phi) is 19.0. The van der Waals surface area contributed by atoms with Crippen LogP contribution >= 0.6 is 11.3 Å². The Labute approximate surface area is 394 Å². The summed E-state index contributed by atoms with van der Waals surface area (Å²) in [6.45, 7) is 10.4. The van der Waals surface area contributed by atoms with Gasteiger partial charge >= 0.3 is 0 Å². The molecule has 3 heterocycles. The van der Waals surface area contributed by atoms with Crippen molar-refractivity contribution in [2.45, 2.75) is 147 Å². The van der Waals surface area contributed by atoms with E-state index in [2.05, 4.69) is 20.9 Å². The predicted molar refractivity (Wildman–Crippen MR) is 250 cm³/mol. The number of amides is 7. The quantitative estimate of drug-likeness (QED) is 0.0876. The van der Waals surface area contributed by atoms with E-state index in [0.29, 0.717) is 57.9 Å². The first kappa shape index (κ1) is 52.0. The summed E-state index contributed by atoms with van der Waals surface area (Å²) in [6.07, 6.45) is 8.40. The topological polar surface area (TPSA) is 197 Å². The van der Waals surface area contributed by atoms with E-state index in [9.17, 15) is 33.6 Å². The van der Waals surface area contributed by atoms with E-state index in [1.54, 1.807) is 37.3 Å². The summed E-state index contributed by atoms with van der Waals surface area (Å²) >= 11 is 1.49. The summed E-state index contributed by atoms with van der Waals surface area (Å²) < 4.78 is 12.1. The van der Waals surface area contributed by atoms with Crippen LogP contribution in [0.5, 0.6) is 0 Å². The molecule has 1 saturated carbocycles. The fraction of sp³-hybridized carbons (Fsp3) is 0.633. The molecule has 0 bridgehead atoms. The minimum Gasteiger partial charge on any atom is -0.379 e. The zero-order chi connectivity index (χ0) is 48.1. The van der Waals surface area contributed by atoms with Crippen LogP contribution in [0.25, 0.3) is 0 Å². The average Bonchev–Trinajstić information content (AvgIpc) is 3.60. The van der Waals surface area contributed by atoms with E-state index in [4.69, 9.17) is 9.47 Å². The molecule has 0 radical (unpaired) electrons. The lowest BCUT2D eigenvalue weighted by Gasteiger charge is -2.41. The molecule has 1 aliphatic carbocycles. The smallest absolute Gasteiger partial charge is 0.253 e. The molecule has 2 fully saturated rings. The van der Waals surface area contributed by atoms with Gasteiger partial charge in [0, 0.05) is 64.5 Å². The van der Waals surface area contributed by atoms with E-state index < -0.39 is 41.7 Å². The maximum absolute atomic E-state index is 14.5. The highest BCUT2D eigenvalue weighted by Crippen LogP contribution is 2.36. The van der Waals surface area contributed by atoms with Crippen LogP contribution in [-0.4, -0.2) is 131 Å². The molecule has 3 N–H and O–H groups in total. The van der Waals surface area contributed by atoms with E-state index in [-0.39, 0.29) is 78.7 Å². The van der Waals surface area contributed by atoms with Crippen molar-refractivity contribution in [3.05, 3.63) is 64.6 Å². The lowest BCUT2D eigenvalue weighted by atomic mass is 9.89. The van der Waals surface area contributed by atoms with Gasteiger partial charge in [0.25, 0.3) is 11.8 Å². The van der Waals surface area contributed by atoms with Gasteiger partial charge in [0.2, 0.25) is 29.5 Å². The minimum absolute atomic E-state index is 0.0145. The Morgan fingerprint density at radius 3 is 2.24 bits per heavy atom. The van der Waals surface area contributed by atoms with Crippen molar-refractivity contribution < 1.29 is 43.0 Å². The number of aromatic nitrogens is 1. The lowest BCUT2D eigenvalue weighted by Crippen LogP contribution is -2.60. The van der Waals surface area contributed by atoms with Crippen LogP contribution in [0.15, 0.2) is 54.1 Å². The van der Waals surface area contributed by atoms with Gasteiger partial charge in [-0.15, -0.1) is 11.3 Å². The Balaban J connectivity index is 1.19. The number of thiazole rings is 1. The molecule has 5 rings (SSSR count). The number of imide groups is 1. The fourth-order valence-electron chi connectivity index (χ4n) is 9.33. The van der Waals surface area contributed by atoms with Gasteiger partial charge in [-0.1, -0.05) is 77.8 Å². The van der Waals surface area contributed by atoms with Crippen LogP contribution in [0.1, 0.15) is 115 Å². The van der Waals surface area contributed by atoms with Crippen LogP contribution in [-0.2, 0) is 49.5 Å². The second-order valence-electron chi connectivity index (χ2n) is 18.5. The van der Waals surface area contributed by atoms with Gasteiger partial charge in [-0.3, -0.25) is 38.5 Å².